The summed E-state index contributed by atoms with van der Waals surface area (Å²) >= 11 is 3.35. The topological polar surface area (TPSA) is 63.7 Å². The summed E-state index contributed by atoms with van der Waals surface area (Å²) in [5.41, 5.74) is 1.08. The van der Waals surface area contributed by atoms with E-state index in [-0.39, 0.29) is 47.9 Å². The van der Waals surface area contributed by atoms with E-state index in [1.807, 2.05) is 12.1 Å². The number of hydrogen-bond donors (Lipinski definition) is 0. The molecule has 1 saturated heterocycles. The number of halogens is 1. The molecule has 0 aromatic heterocycles. The molecular formula is C25H20BrNO4. The predicted octanol–water partition coefficient (Wildman–Crippen LogP) is 4.27. The van der Waals surface area contributed by atoms with Gasteiger partial charge in [0.15, 0.2) is 12.4 Å². The normalized spacial score (nSPS) is 32.1. The van der Waals surface area contributed by atoms with Crippen molar-refractivity contribution >= 4 is 39.2 Å². The van der Waals surface area contributed by atoms with Crippen molar-refractivity contribution in [1.82, 2.24) is 0 Å². The van der Waals surface area contributed by atoms with Crippen molar-refractivity contribution < 1.29 is 19.1 Å². The number of imide groups is 1. The molecule has 2 saturated carbocycles. The van der Waals surface area contributed by atoms with Crippen molar-refractivity contribution in [3.63, 3.8) is 0 Å². The van der Waals surface area contributed by atoms with E-state index in [0.29, 0.717) is 28.8 Å². The van der Waals surface area contributed by atoms with Crippen LogP contribution in [0.3, 0.4) is 0 Å². The van der Waals surface area contributed by atoms with Crippen LogP contribution in [0.1, 0.15) is 16.8 Å². The first kappa shape index (κ1) is 19.0. The van der Waals surface area contributed by atoms with Gasteiger partial charge in [-0.05, 0) is 54.4 Å². The van der Waals surface area contributed by atoms with Gasteiger partial charge >= 0.3 is 0 Å². The van der Waals surface area contributed by atoms with Gasteiger partial charge < -0.3 is 4.74 Å². The molecule has 2 amide bonds. The third-order valence-corrected chi connectivity index (χ3v) is 7.80. The zero-order valence-corrected chi connectivity index (χ0v) is 18.2. The molecule has 7 rings (SSSR count). The lowest BCUT2D eigenvalue weighted by atomic mass is 9.63. The molecule has 0 spiro atoms. The van der Waals surface area contributed by atoms with Crippen LogP contribution >= 0.6 is 15.9 Å². The second kappa shape index (κ2) is 6.89. The van der Waals surface area contributed by atoms with Crippen molar-refractivity contribution in [3.05, 3.63) is 70.7 Å². The van der Waals surface area contributed by atoms with Crippen molar-refractivity contribution in [3.8, 4) is 5.75 Å². The quantitative estimate of drug-likeness (QED) is 0.366. The van der Waals surface area contributed by atoms with Gasteiger partial charge in [-0.1, -0.05) is 46.3 Å². The third kappa shape index (κ3) is 2.92. The minimum Gasteiger partial charge on any atom is -0.485 e. The van der Waals surface area contributed by atoms with Crippen LogP contribution in [-0.4, -0.2) is 24.2 Å². The Morgan fingerprint density at radius 2 is 1.61 bits per heavy atom. The van der Waals surface area contributed by atoms with Crippen LogP contribution in [0.5, 0.6) is 5.75 Å². The maximum Gasteiger partial charge on any atom is 0.238 e. The molecule has 2 aromatic rings. The Bertz CT molecular complexity index is 1100. The van der Waals surface area contributed by atoms with Crippen molar-refractivity contribution in [2.75, 3.05) is 11.5 Å². The Balaban J connectivity index is 1.20. The molecule has 6 atom stereocenters. The standard InChI is InChI=1S/C25H20BrNO4/c26-14-6-4-13(5-7-14)21(28)12-31-16-3-1-2-15(10-16)27-24(29)22-17-8-9-18(20-11-19(17)20)23(22)25(27)30/h1-10,17-20,22-23H,11-12H2/t17-,18+,19-,20+,22+,23-. The monoisotopic (exact) mass is 477 g/mol. The maximum absolute atomic E-state index is 13.3. The molecule has 0 radical (unpaired) electrons. The highest BCUT2D eigenvalue weighted by molar-refractivity contribution is 9.10. The van der Waals surface area contributed by atoms with Crippen LogP contribution in [0.25, 0.3) is 0 Å². The van der Waals surface area contributed by atoms with Gasteiger partial charge in [0.1, 0.15) is 5.75 Å². The van der Waals surface area contributed by atoms with Gasteiger partial charge in [-0.2, -0.15) is 0 Å². The molecule has 2 bridgehead atoms. The Hall–Kier alpha value is -2.73. The Morgan fingerprint density at radius 1 is 0.968 bits per heavy atom. The average Bonchev–Trinajstić information content (AvgIpc) is 3.56. The first-order chi connectivity index (χ1) is 15.0. The van der Waals surface area contributed by atoms with Crippen molar-refractivity contribution in [2.45, 2.75) is 6.42 Å². The molecule has 4 aliphatic carbocycles. The number of ether oxygens (including phenoxy) is 1. The van der Waals surface area contributed by atoms with E-state index in [1.165, 1.54) is 4.90 Å². The largest absolute Gasteiger partial charge is 0.485 e. The fourth-order valence-corrected chi connectivity index (χ4v) is 6.06. The van der Waals surface area contributed by atoms with E-state index in [0.717, 1.165) is 10.9 Å². The molecule has 156 valence electrons. The fourth-order valence-electron chi connectivity index (χ4n) is 5.79. The van der Waals surface area contributed by atoms with Crippen LogP contribution < -0.4 is 9.64 Å². The summed E-state index contributed by atoms with van der Waals surface area (Å²) in [7, 11) is 0. The molecule has 31 heavy (non-hydrogen) atoms. The second-order valence-electron chi connectivity index (χ2n) is 8.88. The van der Waals surface area contributed by atoms with Gasteiger partial charge in [0, 0.05) is 16.1 Å². The zero-order chi connectivity index (χ0) is 21.3. The molecule has 5 aliphatic rings. The number of carbonyl (C=O) groups is 3. The van der Waals surface area contributed by atoms with Gasteiger partial charge in [0.2, 0.25) is 11.8 Å². The van der Waals surface area contributed by atoms with E-state index in [9.17, 15) is 14.4 Å². The molecule has 5 nitrogen and oxygen atoms in total. The molecule has 1 aliphatic heterocycles. The summed E-state index contributed by atoms with van der Waals surface area (Å²) in [6.07, 6.45) is 5.48. The Labute approximate surface area is 188 Å². The number of allylic oxidation sites excluding steroid dienone is 2. The van der Waals surface area contributed by atoms with Crippen molar-refractivity contribution in [1.29, 1.82) is 0 Å². The molecular weight excluding hydrogens is 458 g/mol. The van der Waals surface area contributed by atoms with Gasteiger partial charge in [-0.25, -0.2) is 4.90 Å². The van der Waals surface area contributed by atoms with E-state index in [4.69, 9.17) is 4.74 Å². The lowest BCUT2D eigenvalue weighted by Gasteiger charge is -2.37. The first-order valence-corrected chi connectivity index (χ1v) is 11.4. The Morgan fingerprint density at radius 3 is 2.26 bits per heavy atom. The summed E-state index contributed by atoms with van der Waals surface area (Å²) in [4.78, 5) is 40.3. The molecule has 6 heteroatoms. The number of benzene rings is 2. The predicted molar refractivity (Wildman–Crippen MR) is 118 cm³/mol. The van der Waals surface area contributed by atoms with Gasteiger partial charge in [0.05, 0.1) is 17.5 Å². The summed E-state index contributed by atoms with van der Waals surface area (Å²) in [6, 6.07) is 14.0. The SMILES string of the molecule is O=C(COc1cccc(N2C(=O)[C@@H]3[C@H]4C=C[C@H]([C@H]5C[C@@H]45)[C@@H]3C2=O)c1)c1ccc(Br)cc1. The minimum atomic E-state index is -0.227. The highest BCUT2D eigenvalue weighted by Crippen LogP contribution is 2.65. The van der Waals surface area contributed by atoms with Crippen molar-refractivity contribution in [2.24, 2.45) is 35.5 Å². The highest BCUT2D eigenvalue weighted by atomic mass is 79.9. The summed E-state index contributed by atoms with van der Waals surface area (Å²) in [6.45, 7) is -0.115. The van der Waals surface area contributed by atoms with E-state index < -0.39 is 0 Å². The second-order valence-corrected chi connectivity index (χ2v) is 9.80. The van der Waals surface area contributed by atoms with Gasteiger partial charge in [0.25, 0.3) is 0 Å². The smallest absolute Gasteiger partial charge is 0.238 e. The number of nitrogens with zero attached hydrogens (tertiary/aromatic N) is 1. The van der Waals surface area contributed by atoms with E-state index in [2.05, 4.69) is 28.1 Å². The van der Waals surface area contributed by atoms with Crippen LogP contribution in [0.4, 0.5) is 5.69 Å². The van der Waals surface area contributed by atoms with E-state index in [1.54, 1.807) is 36.4 Å². The summed E-state index contributed by atoms with van der Waals surface area (Å²) in [5.74, 6) is 1.23. The zero-order valence-electron chi connectivity index (χ0n) is 16.6. The summed E-state index contributed by atoms with van der Waals surface area (Å²) < 4.78 is 6.60. The molecule has 0 unspecified atom stereocenters. The average molecular weight is 478 g/mol. The summed E-state index contributed by atoms with van der Waals surface area (Å²) in [5, 5.41) is 0. The minimum absolute atomic E-state index is 0.0946. The molecule has 2 aromatic carbocycles. The molecule has 0 N–H and O–H groups in total. The fraction of sp³-hybridized carbons (Fsp3) is 0.320. The first-order valence-electron chi connectivity index (χ1n) is 10.6. The van der Waals surface area contributed by atoms with Crippen LogP contribution in [0.15, 0.2) is 65.2 Å². The number of carbonyl (C=O) groups excluding carboxylic acids is 3. The van der Waals surface area contributed by atoms with Crippen LogP contribution in [0.2, 0.25) is 0 Å². The molecule has 3 fully saturated rings. The van der Waals surface area contributed by atoms with Crippen LogP contribution in [-0.2, 0) is 9.59 Å². The van der Waals surface area contributed by atoms with Crippen LogP contribution in [0, 0.1) is 35.5 Å². The number of rotatable bonds is 5. The maximum atomic E-state index is 13.3. The number of Topliss-reactive ketones (excluding diaryl/α,β-unsaturated/α-hetero) is 1. The van der Waals surface area contributed by atoms with Gasteiger partial charge in [-0.3, -0.25) is 14.4 Å². The number of amides is 2. The Kier molecular flexibility index (Phi) is 4.22. The lowest BCUT2D eigenvalue weighted by molar-refractivity contribution is -0.124. The van der Waals surface area contributed by atoms with E-state index >= 15 is 0 Å². The number of anilines is 1. The van der Waals surface area contributed by atoms with Gasteiger partial charge in [-0.15, -0.1) is 0 Å². The molecule has 1 heterocycles. The lowest BCUT2D eigenvalue weighted by Crippen LogP contribution is -2.40. The number of hydrogen-bond acceptors (Lipinski definition) is 4. The number of ketones is 1. The highest BCUT2D eigenvalue weighted by Gasteiger charge is 2.67. The third-order valence-electron chi connectivity index (χ3n) is 7.27.